The van der Waals surface area contributed by atoms with Gasteiger partial charge in [-0.2, -0.15) is 0 Å². The van der Waals surface area contributed by atoms with E-state index in [2.05, 4.69) is 10.3 Å². The molecule has 0 saturated carbocycles. The lowest BCUT2D eigenvalue weighted by Gasteiger charge is -2.20. The van der Waals surface area contributed by atoms with Gasteiger partial charge in [-0.25, -0.2) is 0 Å². The standard InChI is InChI=1S/C25H24N2O3/c1-2-30-23-13-12-19(14-18(23)16-28)27-24(17-8-4-3-5-9-17)25(29)21-15-26-22-11-7-6-10-20(21)22/h3-15,24,26-28H,2,16H2,1H3/t24-/m0/s1. The normalized spacial score (nSPS) is 11.9. The summed E-state index contributed by atoms with van der Waals surface area (Å²) in [5.74, 6) is 0.614. The van der Waals surface area contributed by atoms with E-state index in [4.69, 9.17) is 4.74 Å². The summed E-state index contributed by atoms with van der Waals surface area (Å²) in [6, 6.07) is 22.3. The minimum atomic E-state index is -0.574. The van der Waals surface area contributed by atoms with E-state index in [1.807, 2.05) is 79.7 Å². The Morgan fingerprint density at radius 2 is 1.83 bits per heavy atom. The van der Waals surface area contributed by atoms with E-state index < -0.39 is 6.04 Å². The Balaban J connectivity index is 1.72. The van der Waals surface area contributed by atoms with Crippen LogP contribution in [0.3, 0.4) is 0 Å². The zero-order valence-electron chi connectivity index (χ0n) is 16.8. The summed E-state index contributed by atoms with van der Waals surface area (Å²) in [6.45, 7) is 2.28. The molecule has 1 aromatic heterocycles. The second kappa shape index (κ2) is 8.84. The molecule has 5 heteroatoms. The van der Waals surface area contributed by atoms with Crippen molar-refractivity contribution in [2.24, 2.45) is 0 Å². The van der Waals surface area contributed by atoms with Gasteiger partial charge in [0.15, 0.2) is 5.78 Å². The Kier molecular flexibility index (Phi) is 5.82. The van der Waals surface area contributed by atoms with Crippen LogP contribution in [-0.4, -0.2) is 22.5 Å². The number of anilines is 1. The van der Waals surface area contributed by atoms with Gasteiger partial charge in [0.1, 0.15) is 11.8 Å². The van der Waals surface area contributed by atoms with Crippen LogP contribution in [-0.2, 0) is 6.61 Å². The summed E-state index contributed by atoms with van der Waals surface area (Å²) in [6.07, 6.45) is 1.77. The fraction of sp³-hybridized carbons (Fsp3) is 0.160. The van der Waals surface area contributed by atoms with Crippen molar-refractivity contribution in [1.82, 2.24) is 4.98 Å². The molecule has 0 aliphatic carbocycles. The van der Waals surface area contributed by atoms with Crippen LogP contribution in [0.1, 0.15) is 34.5 Å². The maximum Gasteiger partial charge on any atom is 0.191 e. The van der Waals surface area contributed by atoms with Gasteiger partial charge in [0.05, 0.1) is 13.2 Å². The number of nitrogens with one attached hydrogen (secondary N) is 2. The van der Waals surface area contributed by atoms with E-state index in [0.717, 1.165) is 22.2 Å². The number of ketones is 1. The number of aromatic nitrogens is 1. The van der Waals surface area contributed by atoms with Crippen molar-refractivity contribution in [3.8, 4) is 5.75 Å². The molecular weight excluding hydrogens is 376 g/mol. The highest BCUT2D eigenvalue weighted by atomic mass is 16.5. The quantitative estimate of drug-likeness (QED) is 0.360. The van der Waals surface area contributed by atoms with E-state index >= 15 is 0 Å². The van der Waals surface area contributed by atoms with Crippen molar-refractivity contribution < 1.29 is 14.6 Å². The zero-order chi connectivity index (χ0) is 20.9. The molecule has 4 rings (SSSR count). The smallest absolute Gasteiger partial charge is 0.191 e. The van der Waals surface area contributed by atoms with E-state index in [1.54, 1.807) is 6.20 Å². The fourth-order valence-electron chi connectivity index (χ4n) is 3.63. The number of hydrogen-bond acceptors (Lipinski definition) is 4. The minimum absolute atomic E-state index is 0.0296. The predicted molar refractivity (Wildman–Crippen MR) is 119 cm³/mol. The van der Waals surface area contributed by atoms with Crippen LogP contribution in [0.4, 0.5) is 5.69 Å². The van der Waals surface area contributed by atoms with Gasteiger partial charge in [-0.05, 0) is 36.8 Å². The summed E-state index contributed by atoms with van der Waals surface area (Å²) in [5, 5.41) is 14.0. The van der Waals surface area contributed by atoms with Crippen LogP contribution in [0.5, 0.6) is 5.75 Å². The Morgan fingerprint density at radius 3 is 2.60 bits per heavy atom. The van der Waals surface area contributed by atoms with Crippen molar-refractivity contribution in [2.45, 2.75) is 19.6 Å². The predicted octanol–water partition coefficient (Wildman–Crippen LogP) is 5.10. The third kappa shape index (κ3) is 3.93. The number of para-hydroxylation sites is 1. The van der Waals surface area contributed by atoms with Gasteiger partial charge in [-0.1, -0.05) is 48.5 Å². The number of benzene rings is 3. The van der Waals surface area contributed by atoms with Crippen molar-refractivity contribution in [3.63, 3.8) is 0 Å². The van der Waals surface area contributed by atoms with Crippen molar-refractivity contribution in [3.05, 3.63) is 95.7 Å². The average molecular weight is 400 g/mol. The van der Waals surface area contributed by atoms with Crippen LogP contribution in [0.25, 0.3) is 10.9 Å². The Labute approximate surface area is 175 Å². The molecule has 0 amide bonds. The molecule has 3 N–H and O–H groups in total. The first-order valence-electron chi connectivity index (χ1n) is 9.99. The first-order chi connectivity index (χ1) is 14.7. The largest absolute Gasteiger partial charge is 0.494 e. The van der Waals surface area contributed by atoms with Gasteiger partial charge < -0.3 is 20.1 Å². The molecule has 3 aromatic carbocycles. The number of aliphatic hydroxyl groups excluding tert-OH is 1. The van der Waals surface area contributed by atoms with Crippen LogP contribution in [0.15, 0.2) is 79.0 Å². The molecule has 0 fully saturated rings. The van der Waals surface area contributed by atoms with E-state index in [1.165, 1.54) is 0 Å². The second-order valence-electron chi connectivity index (χ2n) is 7.01. The molecule has 4 aromatic rings. The maximum absolute atomic E-state index is 13.6. The summed E-state index contributed by atoms with van der Waals surface area (Å²) in [4.78, 5) is 16.8. The molecule has 152 valence electrons. The topological polar surface area (TPSA) is 74.3 Å². The number of carbonyl (C=O) groups is 1. The van der Waals surface area contributed by atoms with Gasteiger partial charge in [0.25, 0.3) is 0 Å². The molecule has 0 unspecified atom stereocenters. The molecule has 0 spiro atoms. The van der Waals surface area contributed by atoms with Crippen LogP contribution >= 0.6 is 0 Å². The van der Waals surface area contributed by atoms with Crippen LogP contribution < -0.4 is 10.1 Å². The lowest BCUT2D eigenvalue weighted by Crippen LogP contribution is -2.21. The number of aliphatic hydroxyl groups is 1. The molecular formula is C25H24N2O3. The SMILES string of the molecule is CCOc1ccc(N[C@H](C(=O)c2c[nH]c3ccccc23)c2ccccc2)cc1CO. The number of Topliss-reactive ketones (excluding diaryl/α,β-unsaturated/α-hetero) is 1. The van der Waals surface area contributed by atoms with E-state index in [0.29, 0.717) is 23.5 Å². The highest BCUT2D eigenvalue weighted by molar-refractivity contribution is 6.11. The summed E-state index contributed by atoms with van der Waals surface area (Å²) in [5.41, 5.74) is 3.85. The summed E-state index contributed by atoms with van der Waals surface area (Å²) in [7, 11) is 0. The first kappa shape index (κ1) is 19.7. The van der Waals surface area contributed by atoms with Gasteiger partial charge in [0, 0.05) is 33.9 Å². The number of aromatic amines is 1. The molecule has 0 aliphatic heterocycles. The van der Waals surface area contributed by atoms with Crippen LogP contribution in [0.2, 0.25) is 0 Å². The minimum Gasteiger partial charge on any atom is -0.494 e. The molecule has 30 heavy (non-hydrogen) atoms. The number of rotatable bonds is 8. The Bertz CT molecular complexity index is 1150. The maximum atomic E-state index is 13.6. The van der Waals surface area contributed by atoms with Gasteiger partial charge in [-0.15, -0.1) is 0 Å². The summed E-state index contributed by atoms with van der Waals surface area (Å²) < 4.78 is 5.57. The zero-order valence-corrected chi connectivity index (χ0v) is 16.8. The van der Waals surface area contributed by atoms with Crippen molar-refractivity contribution in [1.29, 1.82) is 0 Å². The third-order valence-corrected chi connectivity index (χ3v) is 5.09. The Hall–Kier alpha value is -3.57. The highest BCUT2D eigenvalue weighted by Crippen LogP contribution is 2.30. The Morgan fingerprint density at radius 1 is 1.07 bits per heavy atom. The monoisotopic (exact) mass is 400 g/mol. The molecule has 1 atom stereocenters. The molecule has 0 saturated heterocycles. The number of H-pyrrole nitrogens is 1. The van der Waals surface area contributed by atoms with E-state index in [9.17, 15) is 9.90 Å². The summed E-state index contributed by atoms with van der Waals surface area (Å²) >= 11 is 0. The lowest BCUT2D eigenvalue weighted by molar-refractivity contribution is 0.0971. The number of hydrogen-bond donors (Lipinski definition) is 3. The molecule has 1 heterocycles. The molecule has 0 bridgehead atoms. The number of ether oxygens (including phenoxy) is 1. The number of fused-ring (bicyclic) bond motifs is 1. The average Bonchev–Trinajstić information content (AvgIpc) is 3.23. The lowest BCUT2D eigenvalue weighted by atomic mass is 9.96. The van der Waals surface area contributed by atoms with Gasteiger partial charge in [-0.3, -0.25) is 4.79 Å². The highest BCUT2D eigenvalue weighted by Gasteiger charge is 2.24. The molecule has 0 aliphatic rings. The van der Waals surface area contributed by atoms with E-state index in [-0.39, 0.29) is 12.4 Å². The number of carbonyl (C=O) groups excluding carboxylic acids is 1. The van der Waals surface area contributed by atoms with Crippen molar-refractivity contribution >= 4 is 22.4 Å². The fourth-order valence-corrected chi connectivity index (χ4v) is 3.63. The third-order valence-electron chi connectivity index (χ3n) is 5.09. The first-order valence-corrected chi connectivity index (χ1v) is 9.99. The van der Waals surface area contributed by atoms with Gasteiger partial charge in [0.2, 0.25) is 0 Å². The molecule has 0 radical (unpaired) electrons. The van der Waals surface area contributed by atoms with Crippen molar-refractivity contribution in [2.75, 3.05) is 11.9 Å². The van der Waals surface area contributed by atoms with Crippen LogP contribution in [0, 0.1) is 0 Å². The second-order valence-corrected chi connectivity index (χ2v) is 7.01. The molecule has 5 nitrogen and oxygen atoms in total. The van der Waals surface area contributed by atoms with Gasteiger partial charge >= 0.3 is 0 Å².